The maximum Gasteiger partial charge on any atom is 0.258 e. The average molecular weight is 517 g/mol. The predicted octanol–water partition coefficient (Wildman–Crippen LogP) is 4.05. The molecule has 0 bridgehead atoms. The number of hydrogen-bond donors (Lipinski definition) is 0. The summed E-state index contributed by atoms with van der Waals surface area (Å²) in [5.74, 6) is 1.23. The van der Waals surface area contributed by atoms with E-state index in [1.165, 1.54) is 28.3 Å². The molecule has 0 radical (unpaired) electrons. The summed E-state index contributed by atoms with van der Waals surface area (Å²) in [4.78, 5) is 24.2. The van der Waals surface area contributed by atoms with Crippen molar-refractivity contribution >= 4 is 15.8 Å². The molecule has 0 unspecified atom stereocenters. The summed E-state index contributed by atoms with van der Waals surface area (Å²) in [7, 11) is -3.29. The first-order chi connectivity index (χ1) is 17.8. The third-order valence-electron chi connectivity index (χ3n) is 6.48. The average Bonchev–Trinajstić information content (AvgIpc) is 2.89. The number of aromatic nitrogens is 3. The number of hydrogen-bond acceptors (Lipinski definition) is 7. The highest BCUT2D eigenvalue weighted by molar-refractivity contribution is 7.90. The number of ether oxygens (including phenoxy) is 1. The third kappa shape index (κ3) is 5.72. The lowest BCUT2D eigenvalue weighted by Crippen LogP contribution is -2.39. The van der Waals surface area contributed by atoms with E-state index in [0.717, 1.165) is 43.3 Å². The van der Waals surface area contributed by atoms with Crippen molar-refractivity contribution in [1.29, 1.82) is 0 Å². The van der Waals surface area contributed by atoms with Gasteiger partial charge in [0.1, 0.15) is 11.9 Å². The van der Waals surface area contributed by atoms with Crippen LogP contribution in [0.3, 0.4) is 0 Å². The number of anilines is 1. The minimum atomic E-state index is -3.29. The van der Waals surface area contributed by atoms with Crippen molar-refractivity contribution in [2.45, 2.75) is 30.8 Å². The van der Waals surface area contributed by atoms with Crippen LogP contribution in [0.25, 0.3) is 16.8 Å². The molecule has 1 aliphatic heterocycles. The van der Waals surface area contributed by atoms with Crippen LogP contribution in [0.5, 0.6) is 5.75 Å². The van der Waals surface area contributed by atoms with Crippen LogP contribution in [0, 0.1) is 6.92 Å². The highest BCUT2D eigenvalue weighted by atomic mass is 32.2. The Kier molecular flexibility index (Phi) is 6.80. The van der Waals surface area contributed by atoms with Crippen LogP contribution in [0.1, 0.15) is 18.4 Å². The maximum absolute atomic E-state index is 12.7. The fourth-order valence-electron chi connectivity index (χ4n) is 4.35. The number of piperidine rings is 1. The van der Waals surface area contributed by atoms with Crippen molar-refractivity contribution in [1.82, 2.24) is 14.5 Å². The van der Waals surface area contributed by atoms with E-state index in [4.69, 9.17) is 4.74 Å². The fourth-order valence-corrected chi connectivity index (χ4v) is 4.98. The Hall–Kier alpha value is -3.98. The van der Waals surface area contributed by atoms with Gasteiger partial charge < -0.3 is 9.64 Å². The summed E-state index contributed by atoms with van der Waals surface area (Å²) in [5, 5.41) is 0. The number of nitrogens with zero attached hydrogens (tertiary/aromatic N) is 4. The standard InChI is InChI=1S/C28H28N4O4S/c1-20-3-5-21(6-4-20)22-18-29-28(30-19-22)31-14-11-24(12-15-31)36-25-13-16-32(27(33)17-25)23-7-9-26(10-8-23)37(2,34)35/h3-10,13,16-19,24H,11-12,14-15H2,1-2H3. The molecule has 2 aromatic carbocycles. The highest BCUT2D eigenvalue weighted by Gasteiger charge is 2.22. The van der Waals surface area contributed by atoms with Gasteiger partial charge in [0.25, 0.3) is 5.56 Å². The van der Waals surface area contributed by atoms with E-state index in [-0.39, 0.29) is 16.6 Å². The molecule has 37 heavy (non-hydrogen) atoms. The number of benzene rings is 2. The molecular weight excluding hydrogens is 488 g/mol. The van der Waals surface area contributed by atoms with Crippen LogP contribution >= 0.6 is 0 Å². The van der Waals surface area contributed by atoms with Gasteiger partial charge in [0.05, 0.1) is 4.90 Å². The Bertz CT molecular complexity index is 1540. The fraction of sp³-hybridized carbons (Fsp3) is 0.250. The molecule has 4 aromatic rings. The second-order valence-electron chi connectivity index (χ2n) is 9.28. The van der Waals surface area contributed by atoms with Gasteiger partial charge in [-0.2, -0.15) is 0 Å². The summed E-state index contributed by atoms with van der Waals surface area (Å²) in [5.41, 5.74) is 3.64. The molecule has 3 heterocycles. The molecule has 0 amide bonds. The number of rotatable bonds is 6. The lowest BCUT2D eigenvalue weighted by Gasteiger charge is -2.32. The van der Waals surface area contributed by atoms with Gasteiger partial charge in [-0.15, -0.1) is 0 Å². The lowest BCUT2D eigenvalue weighted by atomic mass is 10.1. The van der Waals surface area contributed by atoms with Crippen LogP contribution < -0.4 is 15.2 Å². The summed E-state index contributed by atoms with van der Waals surface area (Å²) in [6, 6.07) is 17.7. The van der Waals surface area contributed by atoms with Crippen molar-refractivity contribution in [2.75, 3.05) is 24.2 Å². The monoisotopic (exact) mass is 516 g/mol. The van der Waals surface area contributed by atoms with Crippen LogP contribution in [0.4, 0.5) is 5.95 Å². The van der Waals surface area contributed by atoms with Gasteiger partial charge in [-0.25, -0.2) is 18.4 Å². The molecule has 2 aromatic heterocycles. The zero-order valence-electron chi connectivity index (χ0n) is 20.7. The van der Waals surface area contributed by atoms with Gasteiger partial charge in [0.15, 0.2) is 9.84 Å². The van der Waals surface area contributed by atoms with Gasteiger partial charge in [-0.1, -0.05) is 29.8 Å². The Morgan fingerprint density at radius 3 is 2.14 bits per heavy atom. The van der Waals surface area contributed by atoms with E-state index >= 15 is 0 Å². The minimum Gasteiger partial charge on any atom is -0.490 e. The first-order valence-corrected chi connectivity index (χ1v) is 14.0. The van der Waals surface area contributed by atoms with E-state index in [2.05, 4.69) is 46.1 Å². The largest absolute Gasteiger partial charge is 0.490 e. The molecule has 5 rings (SSSR count). The van der Waals surface area contributed by atoms with Gasteiger partial charge >= 0.3 is 0 Å². The Labute approximate surface area is 216 Å². The van der Waals surface area contributed by atoms with Crippen molar-refractivity contribution in [3.05, 3.63) is 95.2 Å². The summed E-state index contributed by atoms with van der Waals surface area (Å²) in [6.07, 6.45) is 8.09. The SMILES string of the molecule is Cc1ccc(-c2cnc(N3CCC(Oc4ccn(-c5ccc(S(C)(=O)=O)cc5)c(=O)c4)CC3)nc2)cc1. The smallest absolute Gasteiger partial charge is 0.258 e. The molecule has 0 aliphatic carbocycles. The van der Waals surface area contributed by atoms with E-state index in [9.17, 15) is 13.2 Å². The molecule has 9 heteroatoms. The predicted molar refractivity (Wildman–Crippen MR) is 143 cm³/mol. The van der Waals surface area contributed by atoms with Crippen molar-refractivity contribution in [3.63, 3.8) is 0 Å². The van der Waals surface area contributed by atoms with Crippen LogP contribution in [0.2, 0.25) is 0 Å². The van der Waals surface area contributed by atoms with Crippen LogP contribution in [0.15, 0.2) is 88.9 Å². The highest BCUT2D eigenvalue weighted by Crippen LogP contribution is 2.23. The van der Waals surface area contributed by atoms with E-state index in [1.54, 1.807) is 24.4 Å². The molecule has 0 saturated carbocycles. The zero-order chi connectivity index (χ0) is 26.0. The first kappa shape index (κ1) is 24.7. The quantitative estimate of drug-likeness (QED) is 0.382. The van der Waals surface area contributed by atoms with E-state index in [1.807, 2.05) is 12.4 Å². The van der Waals surface area contributed by atoms with Crippen molar-refractivity contribution in [3.8, 4) is 22.6 Å². The van der Waals surface area contributed by atoms with Crippen LogP contribution in [-0.4, -0.2) is 48.4 Å². The first-order valence-electron chi connectivity index (χ1n) is 12.1. The molecule has 190 valence electrons. The zero-order valence-corrected chi connectivity index (χ0v) is 21.6. The van der Waals surface area contributed by atoms with Crippen molar-refractivity contribution < 1.29 is 13.2 Å². The number of pyridine rings is 1. The van der Waals surface area contributed by atoms with Gasteiger partial charge in [-0.3, -0.25) is 9.36 Å². The lowest BCUT2D eigenvalue weighted by molar-refractivity contribution is 0.170. The molecule has 1 aliphatic rings. The summed E-state index contributed by atoms with van der Waals surface area (Å²) in [6.45, 7) is 3.59. The molecule has 0 N–H and O–H groups in total. The second kappa shape index (κ2) is 10.2. The summed E-state index contributed by atoms with van der Waals surface area (Å²) < 4.78 is 30.9. The molecule has 0 atom stereocenters. The Morgan fingerprint density at radius 1 is 0.892 bits per heavy atom. The molecule has 1 fully saturated rings. The number of aryl methyl sites for hydroxylation is 1. The van der Waals surface area contributed by atoms with E-state index in [0.29, 0.717) is 17.4 Å². The number of sulfone groups is 1. The maximum atomic E-state index is 12.7. The van der Waals surface area contributed by atoms with Gasteiger partial charge in [0.2, 0.25) is 5.95 Å². The van der Waals surface area contributed by atoms with Gasteiger partial charge in [0, 0.05) is 68.1 Å². The minimum absolute atomic E-state index is 0.00706. The Balaban J connectivity index is 1.19. The molecule has 0 spiro atoms. The third-order valence-corrected chi connectivity index (χ3v) is 7.61. The normalized spacial score (nSPS) is 14.5. The summed E-state index contributed by atoms with van der Waals surface area (Å²) >= 11 is 0. The topological polar surface area (TPSA) is 94.4 Å². The van der Waals surface area contributed by atoms with Gasteiger partial charge in [-0.05, 0) is 42.8 Å². The Morgan fingerprint density at radius 2 is 1.54 bits per heavy atom. The molecule has 1 saturated heterocycles. The molecule has 8 nitrogen and oxygen atoms in total. The molecular formula is C28H28N4O4S. The van der Waals surface area contributed by atoms with Crippen molar-refractivity contribution in [2.24, 2.45) is 0 Å². The van der Waals surface area contributed by atoms with E-state index < -0.39 is 9.84 Å². The second-order valence-corrected chi connectivity index (χ2v) is 11.3. The van der Waals surface area contributed by atoms with Crippen LogP contribution in [-0.2, 0) is 9.84 Å².